The molecule has 0 aliphatic heterocycles. The zero-order chi connectivity index (χ0) is 23.0. The Balaban J connectivity index is 1.26. The highest BCUT2D eigenvalue weighted by Crippen LogP contribution is 2.43. The van der Waals surface area contributed by atoms with Gasteiger partial charge in [-0.05, 0) is 98.3 Å². The Bertz CT molecular complexity index is 901. The zero-order valence-electron chi connectivity index (χ0n) is 20.8. The molecule has 2 fully saturated rings. The first-order chi connectivity index (χ1) is 16.2. The Hall–Kier alpha value is -1.83. The van der Waals surface area contributed by atoms with Crippen molar-refractivity contribution in [3.63, 3.8) is 0 Å². The third-order valence-corrected chi connectivity index (χ3v) is 8.56. The van der Waals surface area contributed by atoms with Crippen molar-refractivity contribution in [2.75, 3.05) is 6.61 Å². The zero-order valence-corrected chi connectivity index (χ0v) is 20.8. The van der Waals surface area contributed by atoms with Gasteiger partial charge in [0, 0.05) is 5.39 Å². The number of ether oxygens (including phenoxy) is 1. The lowest BCUT2D eigenvalue weighted by Gasteiger charge is -2.38. The molecule has 0 atom stereocenters. The summed E-state index contributed by atoms with van der Waals surface area (Å²) in [5.74, 6) is 4.50. The number of allylic oxidation sites excluding steroid dienone is 1. The molecular weight excluding hydrogens is 407 g/mol. The summed E-state index contributed by atoms with van der Waals surface area (Å²) in [6.45, 7) is 4.85. The number of rotatable bonds is 9. The second-order valence-electron chi connectivity index (χ2n) is 10.7. The van der Waals surface area contributed by atoms with Crippen LogP contribution in [0.1, 0.15) is 90.0 Å². The molecule has 0 radical (unpaired) electrons. The van der Waals surface area contributed by atoms with Crippen LogP contribution in [0.15, 0.2) is 42.5 Å². The summed E-state index contributed by atoms with van der Waals surface area (Å²) in [5, 5.41) is 1.64. The number of fused-ring (bicyclic) bond motifs is 1. The van der Waals surface area contributed by atoms with Crippen molar-refractivity contribution in [3.05, 3.63) is 53.9 Å². The van der Waals surface area contributed by atoms with Crippen molar-refractivity contribution in [3.8, 4) is 5.75 Å². The smallest absolute Gasteiger partial charge is 0.134 e. The van der Waals surface area contributed by atoms with E-state index in [1.54, 1.807) is 0 Å². The summed E-state index contributed by atoms with van der Waals surface area (Å²) in [6, 6.07) is 9.76. The first-order valence-electron chi connectivity index (χ1n) is 13.6. The van der Waals surface area contributed by atoms with Gasteiger partial charge in [-0.2, -0.15) is 0 Å². The van der Waals surface area contributed by atoms with Crippen LogP contribution in [0.25, 0.3) is 10.8 Å². The van der Waals surface area contributed by atoms with Crippen LogP contribution in [0.5, 0.6) is 5.75 Å². The van der Waals surface area contributed by atoms with Gasteiger partial charge in [0.25, 0.3) is 0 Å². The number of hydrogen-bond acceptors (Lipinski definition) is 1. The molecule has 2 heteroatoms. The molecule has 0 bridgehead atoms. The van der Waals surface area contributed by atoms with Gasteiger partial charge in [0.15, 0.2) is 0 Å². The van der Waals surface area contributed by atoms with E-state index in [-0.39, 0.29) is 5.82 Å². The molecule has 1 nitrogen and oxygen atoms in total. The predicted molar refractivity (Wildman–Crippen MR) is 138 cm³/mol. The van der Waals surface area contributed by atoms with Crippen molar-refractivity contribution in [1.82, 2.24) is 0 Å². The normalized spacial score (nSPS) is 26.2. The molecule has 2 aromatic carbocycles. The summed E-state index contributed by atoms with van der Waals surface area (Å²) in [6.07, 6.45) is 20.1. The quantitative estimate of drug-likeness (QED) is 0.346. The van der Waals surface area contributed by atoms with Crippen LogP contribution in [0.2, 0.25) is 0 Å². The van der Waals surface area contributed by atoms with E-state index < -0.39 is 0 Å². The van der Waals surface area contributed by atoms with Gasteiger partial charge < -0.3 is 4.74 Å². The standard InChI is InChI=1S/C31H43FO/c1-3-5-21-33-29-19-20-30-28(22-29)18-17-27(31(30)32)16-11-24-9-14-26(15-10-24)25-12-7-23(6-4-2)8-13-25/h3,5,17-20,22-26H,4,6-16,21H2,1-2H3. The molecule has 0 amide bonds. The number of aryl methyl sites for hydroxylation is 1. The summed E-state index contributed by atoms with van der Waals surface area (Å²) >= 11 is 0. The molecule has 2 aromatic rings. The van der Waals surface area contributed by atoms with Crippen LogP contribution in [0.3, 0.4) is 0 Å². The fourth-order valence-corrected chi connectivity index (χ4v) is 6.50. The van der Waals surface area contributed by atoms with E-state index >= 15 is 4.39 Å². The third-order valence-electron chi connectivity index (χ3n) is 8.56. The second-order valence-corrected chi connectivity index (χ2v) is 10.7. The Kier molecular flexibility index (Phi) is 8.87. The minimum atomic E-state index is -0.0370. The van der Waals surface area contributed by atoms with Gasteiger partial charge in [0.2, 0.25) is 0 Å². The van der Waals surface area contributed by atoms with E-state index in [0.29, 0.717) is 12.0 Å². The fourth-order valence-electron chi connectivity index (χ4n) is 6.50. The highest BCUT2D eigenvalue weighted by Gasteiger charge is 2.30. The number of hydrogen-bond donors (Lipinski definition) is 0. The van der Waals surface area contributed by atoms with Gasteiger partial charge >= 0.3 is 0 Å². The lowest BCUT2D eigenvalue weighted by molar-refractivity contribution is 0.141. The van der Waals surface area contributed by atoms with Crippen molar-refractivity contribution in [1.29, 1.82) is 0 Å². The van der Waals surface area contributed by atoms with Gasteiger partial charge in [0.1, 0.15) is 18.2 Å². The maximum atomic E-state index is 15.2. The molecule has 2 saturated carbocycles. The maximum absolute atomic E-state index is 15.2. The SMILES string of the molecule is CC=CCOc1ccc2c(F)c(CCC3CCC(C4CCC(CCC)CC4)CC3)ccc2c1. The van der Waals surface area contributed by atoms with E-state index in [0.717, 1.165) is 53.2 Å². The first kappa shape index (κ1) is 24.3. The largest absolute Gasteiger partial charge is 0.490 e. The Labute approximate surface area is 200 Å². The molecule has 2 aliphatic carbocycles. The summed E-state index contributed by atoms with van der Waals surface area (Å²) in [7, 11) is 0. The highest BCUT2D eigenvalue weighted by molar-refractivity contribution is 5.85. The molecule has 180 valence electrons. The Morgan fingerprint density at radius 1 is 0.879 bits per heavy atom. The van der Waals surface area contributed by atoms with Crippen LogP contribution in [-0.2, 0) is 6.42 Å². The fraction of sp³-hybridized carbons (Fsp3) is 0.613. The van der Waals surface area contributed by atoms with Gasteiger partial charge in [-0.25, -0.2) is 4.39 Å². The van der Waals surface area contributed by atoms with Gasteiger partial charge in [-0.1, -0.05) is 69.7 Å². The van der Waals surface area contributed by atoms with Crippen LogP contribution in [0, 0.1) is 29.5 Å². The topological polar surface area (TPSA) is 9.23 Å². The molecule has 4 rings (SSSR count). The second kappa shape index (κ2) is 12.0. The summed E-state index contributed by atoms with van der Waals surface area (Å²) < 4.78 is 20.9. The highest BCUT2D eigenvalue weighted by atomic mass is 19.1. The monoisotopic (exact) mass is 450 g/mol. The molecule has 33 heavy (non-hydrogen) atoms. The Morgan fingerprint density at radius 2 is 1.55 bits per heavy atom. The lowest BCUT2D eigenvalue weighted by Crippen LogP contribution is -2.26. The van der Waals surface area contributed by atoms with Crippen molar-refractivity contribution >= 4 is 10.8 Å². The molecule has 0 spiro atoms. The predicted octanol–water partition coefficient (Wildman–Crippen LogP) is 9.28. The van der Waals surface area contributed by atoms with Crippen molar-refractivity contribution < 1.29 is 9.13 Å². The van der Waals surface area contributed by atoms with E-state index in [2.05, 4.69) is 13.0 Å². The third kappa shape index (κ3) is 6.40. The first-order valence-corrected chi connectivity index (χ1v) is 13.6. The Morgan fingerprint density at radius 3 is 2.18 bits per heavy atom. The molecular formula is C31H43FO. The average molecular weight is 451 g/mol. The van der Waals surface area contributed by atoms with E-state index in [1.807, 2.05) is 43.3 Å². The van der Waals surface area contributed by atoms with Gasteiger partial charge in [-0.15, -0.1) is 0 Å². The van der Waals surface area contributed by atoms with Crippen LogP contribution in [0.4, 0.5) is 4.39 Å². The van der Waals surface area contributed by atoms with E-state index in [9.17, 15) is 0 Å². The van der Waals surface area contributed by atoms with Crippen LogP contribution >= 0.6 is 0 Å². The van der Waals surface area contributed by atoms with Crippen molar-refractivity contribution in [2.24, 2.45) is 23.7 Å². The van der Waals surface area contributed by atoms with Gasteiger partial charge in [-0.3, -0.25) is 0 Å². The van der Waals surface area contributed by atoms with Crippen LogP contribution < -0.4 is 4.74 Å². The lowest BCUT2D eigenvalue weighted by atomic mass is 9.68. The van der Waals surface area contributed by atoms with E-state index in [4.69, 9.17) is 4.74 Å². The van der Waals surface area contributed by atoms with Crippen LogP contribution in [-0.4, -0.2) is 6.61 Å². The van der Waals surface area contributed by atoms with Crippen molar-refractivity contribution in [2.45, 2.75) is 90.9 Å². The molecule has 0 N–H and O–H groups in total. The molecule has 0 heterocycles. The van der Waals surface area contributed by atoms with E-state index in [1.165, 1.54) is 64.2 Å². The summed E-state index contributed by atoms with van der Waals surface area (Å²) in [5.41, 5.74) is 0.876. The molecule has 2 aliphatic rings. The number of halogens is 1. The average Bonchev–Trinajstić information content (AvgIpc) is 2.85. The molecule has 0 unspecified atom stereocenters. The minimum absolute atomic E-state index is 0.0370. The molecule has 0 aromatic heterocycles. The summed E-state index contributed by atoms with van der Waals surface area (Å²) in [4.78, 5) is 0. The molecule has 0 saturated heterocycles. The van der Waals surface area contributed by atoms with Gasteiger partial charge in [0.05, 0.1) is 0 Å². The maximum Gasteiger partial charge on any atom is 0.134 e. The number of benzene rings is 2. The minimum Gasteiger partial charge on any atom is -0.490 e.